The summed E-state index contributed by atoms with van der Waals surface area (Å²) in [4.78, 5) is 13.1. The topological polar surface area (TPSA) is 116 Å². The van der Waals surface area contributed by atoms with Gasteiger partial charge in [0.2, 0.25) is 10.0 Å². The number of nitrogens with zero attached hydrogens (tertiary/aromatic N) is 3. The molecule has 12 heteroatoms. The fourth-order valence-electron chi connectivity index (χ4n) is 4.20. The van der Waals surface area contributed by atoms with Crippen LogP contribution in [0.15, 0.2) is 28.8 Å². The number of rotatable bonds is 6. The maximum Gasteiger partial charge on any atom is 0.497 e. The minimum absolute atomic E-state index is 0.0213. The van der Waals surface area contributed by atoms with Gasteiger partial charge in [0.25, 0.3) is 5.91 Å². The van der Waals surface area contributed by atoms with E-state index in [9.17, 15) is 13.2 Å². The summed E-state index contributed by atoms with van der Waals surface area (Å²) in [5, 5.41) is 7.58. The van der Waals surface area contributed by atoms with E-state index in [2.05, 4.69) is 10.4 Å². The number of sulfonamides is 1. The van der Waals surface area contributed by atoms with Crippen LogP contribution in [0, 0.1) is 0 Å². The lowest BCUT2D eigenvalue weighted by Crippen LogP contribution is -2.41. The van der Waals surface area contributed by atoms with Gasteiger partial charge in [0, 0.05) is 43.2 Å². The molecule has 1 aromatic carbocycles. The molecule has 0 radical (unpaired) electrons. The van der Waals surface area contributed by atoms with Crippen LogP contribution in [-0.2, 0) is 19.3 Å². The van der Waals surface area contributed by atoms with Gasteiger partial charge >= 0.3 is 7.12 Å². The standard InChI is InChI=1S/C24H33BN4O6S/c1-14(2)29-17(10-11-27-29)21-20(22(30)26-7)15-12-16(25-34-23(3,4)24(5,6)35-25)18(13-19(15)33-21)28(8)36(9,31)32/h10-14H,1-9H3,(H,26,30). The molecule has 1 N–H and O–H groups in total. The average Bonchev–Trinajstić information content (AvgIpc) is 3.44. The molecule has 4 rings (SSSR count). The second-order valence-electron chi connectivity index (χ2n) is 10.4. The Morgan fingerprint density at radius 3 is 2.31 bits per heavy atom. The summed E-state index contributed by atoms with van der Waals surface area (Å²) in [6.07, 6.45) is 2.77. The fraction of sp³-hybridized carbons (Fsp3) is 0.500. The van der Waals surface area contributed by atoms with Gasteiger partial charge in [0.1, 0.15) is 11.3 Å². The molecule has 0 aliphatic carbocycles. The molecular formula is C24H33BN4O6S. The summed E-state index contributed by atoms with van der Waals surface area (Å²) in [6, 6.07) is 5.14. The Bertz CT molecular complexity index is 1420. The molecule has 194 valence electrons. The van der Waals surface area contributed by atoms with Crippen molar-refractivity contribution in [1.29, 1.82) is 0 Å². The van der Waals surface area contributed by atoms with Crippen molar-refractivity contribution in [3.05, 3.63) is 30.0 Å². The van der Waals surface area contributed by atoms with E-state index < -0.39 is 28.3 Å². The molecule has 1 aliphatic rings. The molecule has 1 saturated heterocycles. The molecule has 10 nitrogen and oxygen atoms in total. The number of hydrogen-bond acceptors (Lipinski definition) is 7. The maximum atomic E-state index is 13.1. The van der Waals surface area contributed by atoms with E-state index in [1.54, 1.807) is 36.1 Å². The molecule has 2 aromatic heterocycles. The normalized spacial score (nSPS) is 17.2. The van der Waals surface area contributed by atoms with E-state index in [0.717, 1.165) is 10.6 Å². The average molecular weight is 516 g/mol. The van der Waals surface area contributed by atoms with Crippen LogP contribution in [0.1, 0.15) is 57.9 Å². The lowest BCUT2D eigenvalue weighted by Gasteiger charge is -2.32. The minimum atomic E-state index is -3.63. The third-order valence-corrected chi connectivity index (χ3v) is 8.22. The van der Waals surface area contributed by atoms with Crippen LogP contribution in [0.25, 0.3) is 22.4 Å². The number of amides is 1. The monoisotopic (exact) mass is 516 g/mol. The van der Waals surface area contributed by atoms with Crippen molar-refractivity contribution in [3.63, 3.8) is 0 Å². The summed E-state index contributed by atoms with van der Waals surface area (Å²) in [5.74, 6) is -0.00100. The first-order chi connectivity index (χ1) is 16.6. The number of furan rings is 1. The first-order valence-corrected chi connectivity index (χ1v) is 13.6. The van der Waals surface area contributed by atoms with Gasteiger partial charge in [-0.15, -0.1) is 0 Å². The number of carbonyl (C=O) groups is 1. The Morgan fingerprint density at radius 1 is 1.17 bits per heavy atom. The highest BCUT2D eigenvalue weighted by atomic mass is 32.2. The van der Waals surface area contributed by atoms with Gasteiger partial charge in [-0.3, -0.25) is 13.8 Å². The van der Waals surface area contributed by atoms with Crippen LogP contribution in [0.4, 0.5) is 5.69 Å². The lowest BCUT2D eigenvalue weighted by atomic mass is 9.77. The fourth-order valence-corrected chi connectivity index (χ4v) is 4.71. The van der Waals surface area contributed by atoms with Crippen LogP contribution in [0.3, 0.4) is 0 Å². The zero-order valence-corrected chi connectivity index (χ0v) is 23.0. The van der Waals surface area contributed by atoms with Gasteiger partial charge in [-0.05, 0) is 53.7 Å². The molecular weight excluding hydrogens is 483 g/mol. The quantitative estimate of drug-likeness (QED) is 0.501. The molecule has 36 heavy (non-hydrogen) atoms. The molecule has 1 amide bonds. The molecule has 3 aromatic rings. The summed E-state index contributed by atoms with van der Waals surface area (Å²) in [6.45, 7) is 11.6. The Kier molecular flexibility index (Phi) is 6.30. The molecule has 0 unspecified atom stereocenters. The lowest BCUT2D eigenvalue weighted by molar-refractivity contribution is 0.00578. The van der Waals surface area contributed by atoms with Crippen LogP contribution in [0.5, 0.6) is 0 Å². The van der Waals surface area contributed by atoms with E-state index in [1.807, 2.05) is 41.5 Å². The van der Waals surface area contributed by atoms with Crippen LogP contribution in [-0.4, -0.2) is 62.8 Å². The summed E-state index contributed by atoms with van der Waals surface area (Å²) in [7, 11) is -1.49. The number of aromatic nitrogens is 2. The van der Waals surface area contributed by atoms with Gasteiger partial charge in [-0.25, -0.2) is 8.42 Å². The third kappa shape index (κ3) is 4.20. The van der Waals surface area contributed by atoms with Crippen LogP contribution >= 0.6 is 0 Å². The number of nitrogens with one attached hydrogen (secondary N) is 1. The van der Waals surface area contributed by atoms with Crippen molar-refractivity contribution >= 4 is 45.2 Å². The first-order valence-electron chi connectivity index (χ1n) is 11.7. The van der Waals surface area contributed by atoms with Gasteiger partial charge in [-0.2, -0.15) is 5.10 Å². The van der Waals surface area contributed by atoms with Crippen molar-refractivity contribution in [2.75, 3.05) is 24.7 Å². The van der Waals surface area contributed by atoms with E-state index in [0.29, 0.717) is 39.1 Å². The van der Waals surface area contributed by atoms with E-state index in [-0.39, 0.29) is 11.9 Å². The Hall–Kier alpha value is -2.83. The number of anilines is 1. The second kappa shape index (κ2) is 8.64. The molecule has 1 fully saturated rings. The highest BCUT2D eigenvalue weighted by molar-refractivity contribution is 7.92. The van der Waals surface area contributed by atoms with Crippen LogP contribution < -0.4 is 15.1 Å². The molecule has 3 heterocycles. The largest absolute Gasteiger partial charge is 0.497 e. The molecule has 1 aliphatic heterocycles. The molecule has 0 atom stereocenters. The van der Waals surface area contributed by atoms with Gasteiger partial charge in [0.05, 0.1) is 28.7 Å². The highest BCUT2D eigenvalue weighted by Crippen LogP contribution is 2.40. The number of hydrogen-bond donors (Lipinski definition) is 1. The van der Waals surface area contributed by atoms with Crippen LogP contribution in [0.2, 0.25) is 0 Å². The van der Waals surface area contributed by atoms with E-state index >= 15 is 0 Å². The van der Waals surface area contributed by atoms with Gasteiger partial charge < -0.3 is 19.0 Å². The zero-order chi connectivity index (χ0) is 26.8. The predicted octanol–water partition coefficient (Wildman–Crippen LogP) is 2.93. The predicted molar refractivity (Wildman–Crippen MR) is 140 cm³/mol. The van der Waals surface area contributed by atoms with E-state index in [4.69, 9.17) is 13.7 Å². The zero-order valence-electron chi connectivity index (χ0n) is 22.2. The summed E-state index contributed by atoms with van der Waals surface area (Å²) >= 11 is 0. The Morgan fingerprint density at radius 2 is 1.78 bits per heavy atom. The van der Waals surface area contributed by atoms with Crippen molar-refractivity contribution in [2.45, 2.75) is 58.8 Å². The van der Waals surface area contributed by atoms with E-state index in [1.165, 1.54) is 7.05 Å². The van der Waals surface area contributed by atoms with Crippen molar-refractivity contribution in [1.82, 2.24) is 15.1 Å². The maximum absolute atomic E-state index is 13.1. The van der Waals surface area contributed by atoms with Gasteiger partial charge in [-0.1, -0.05) is 0 Å². The summed E-state index contributed by atoms with van der Waals surface area (Å²) in [5.41, 5.74) is 0.820. The highest BCUT2D eigenvalue weighted by Gasteiger charge is 2.52. The number of carbonyl (C=O) groups excluding carboxylic acids is 1. The molecule has 0 spiro atoms. The van der Waals surface area contributed by atoms with Crippen molar-refractivity contribution in [3.8, 4) is 11.5 Å². The molecule has 0 bridgehead atoms. The number of benzene rings is 1. The Labute approximate surface area is 212 Å². The van der Waals surface area contributed by atoms with Crippen molar-refractivity contribution in [2.24, 2.45) is 0 Å². The third-order valence-electron chi connectivity index (χ3n) is 7.03. The second-order valence-corrected chi connectivity index (χ2v) is 12.4. The van der Waals surface area contributed by atoms with Gasteiger partial charge in [0.15, 0.2) is 5.76 Å². The van der Waals surface area contributed by atoms with Crippen molar-refractivity contribution < 1.29 is 26.9 Å². The smallest absolute Gasteiger partial charge is 0.453 e. The number of fused-ring (bicyclic) bond motifs is 1. The molecule has 0 saturated carbocycles. The Balaban J connectivity index is 2.04. The first kappa shape index (κ1) is 26.2. The SMILES string of the molecule is CNC(=O)c1c(-c2ccnn2C(C)C)oc2cc(N(C)S(C)(=O)=O)c(B3OC(C)(C)C(C)(C)O3)cc12. The minimum Gasteiger partial charge on any atom is -0.453 e. The summed E-state index contributed by atoms with van der Waals surface area (Å²) < 4.78 is 46.8.